The summed E-state index contributed by atoms with van der Waals surface area (Å²) >= 11 is 0. The predicted octanol–water partition coefficient (Wildman–Crippen LogP) is 26.9. The van der Waals surface area contributed by atoms with Gasteiger partial charge in [-0.25, -0.2) is 0 Å². The first-order valence-corrected chi connectivity index (χ1v) is 38.1. The summed E-state index contributed by atoms with van der Waals surface area (Å²) < 4.78 is 10.8. The molecule has 0 bridgehead atoms. The van der Waals surface area contributed by atoms with E-state index >= 15 is 0 Å². The molecule has 0 saturated carbocycles. The largest absolute Gasteiger partial charge is 0.462 e. The Hall–Kier alpha value is -3.70. The Bertz CT molecular complexity index is 1720. The quantitative estimate of drug-likeness (QED) is 0.0373. The standard InChI is InChI=1S/C83H144O5/c1-3-5-7-9-11-13-15-17-19-21-23-25-27-29-31-33-35-37-38-39-40-41-42-43-44-46-47-49-51-53-55-57-59-61-63-65-67-69-71-73-75-77-82(85)87-80-81(79-84)88-83(86)78-76-74-72-70-68-66-64-62-60-58-56-54-52-50-48-45-36-34-32-30-28-26-24-22-20-18-16-14-12-10-8-6-4-2/h6,8,12,14-15,17-18,20-21,23-24,26-27,29-30,32,36,45,50,52,81,84H,3-5,7,9-11,13,16,19,22,25,28,31,33-35,37-44,46-49,51,53-80H2,1-2H3/b8-6-,14-12-,17-15-,20-18-,23-21-,26-24-,29-27-,32-30-,45-36-,52-50-. The van der Waals surface area contributed by atoms with Crippen LogP contribution < -0.4 is 0 Å². The lowest BCUT2D eigenvalue weighted by molar-refractivity contribution is -0.161. The lowest BCUT2D eigenvalue weighted by Crippen LogP contribution is -2.28. The van der Waals surface area contributed by atoms with Gasteiger partial charge in [0.05, 0.1) is 6.61 Å². The van der Waals surface area contributed by atoms with Gasteiger partial charge in [0.25, 0.3) is 0 Å². The fourth-order valence-corrected chi connectivity index (χ4v) is 11.1. The second kappa shape index (κ2) is 77.5. The number of aliphatic hydroxyl groups excluding tert-OH is 1. The monoisotopic (exact) mass is 1220 g/mol. The zero-order chi connectivity index (χ0) is 63.3. The fraction of sp³-hybridized carbons (Fsp3) is 0.735. The Morgan fingerprint density at radius 2 is 0.489 bits per heavy atom. The van der Waals surface area contributed by atoms with E-state index in [1.165, 1.54) is 250 Å². The van der Waals surface area contributed by atoms with Crippen molar-refractivity contribution in [2.75, 3.05) is 13.2 Å². The summed E-state index contributed by atoms with van der Waals surface area (Å²) in [6.45, 7) is 4.05. The van der Waals surface area contributed by atoms with Crippen molar-refractivity contribution in [1.82, 2.24) is 0 Å². The molecular weight excluding hydrogens is 1080 g/mol. The number of ether oxygens (including phenoxy) is 2. The number of hydrogen-bond donors (Lipinski definition) is 1. The van der Waals surface area contributed by atoms with E-state index < -0.39 is 6.10 Å². The van der Waals surface area contributed by atoms with Gasteiger partial charge in [0.15, 0.2) is 6.10 Å². The van der Waals surface area contributed by atoms with Crippen molar-refractivity contribution in [3.05, 3.63) is 122 Å². The molecular formula is C83H144O5. The molecule has 0 aromatic carbocycles. The number of unbranched alkanes of at least 4 members (excludes halogenated alkanes) is 42. The number of rotatable bonds is 70. The maximum atomic E-state index is 12.4. The molecule has 1 N–H and O–H groups in total. The Morgan fingerprint density at radius 3 is 0.739 bits per heavy atom. The van der Waals surface area contributed by atoms with E-state index in [2.05, 4.69) is 135 Å². The Balaban J connectivity index is 3.44. The molecule has 1 unspecified atom stereocenters. The molecule has 0 aliphatic heterocycles. The molecule has 5 nitrogen and oxygen atoms in total. The van der Waals surface area contributed by atoms with Gasteiger partial charge in [-0.05, 0) is 109 Å². The Morgan fingerprint density at radius 1 is 0.273 bits per heavy atom. The number of hydrogen-bond acceptors (Lipinski definition) is 5. The lowest BCUT2D eigenvalue weighted by atomic mass is 10.0. The van der Waals surface area contributed by atoms with Crippen LogP contribution in [-0.2, 0) is 19.1 Å². The van der Waals surface area contributed by atoms with Crippen molar-refractivity contribution in [2.45, 2.75) is 380 Å². The third kappa shape index (κ3) is 74.8. The summed E-state index contributed by atoms with van der Waals surface area (Å²) in [5.41, 5.74) is 0. The SMILES string of the molecule is CC/C=C\C/C=C\C/C=C\C/C=C\C/C=C\C/C=C\C/C=C\CCCCCCCCCCCCCC(=O)OC(CO)COC(=O)CCCCCCCCCCCCCCCCCCCCCCCCCCCC/C=C\C/C=C\C/C=C\CCCCCCC. The Labute approximate surface area is 547 Å². The molecule has 0 amide bonds. The van der Waals surface area contributed by atoms with E-state index in [0.29, 0.717) is 12.8 Å². The van der Waals surface area contributed by atoms with Gasteiger partial charge in [0, 0.05) is 12.8 Å². The summed E-state index contributed by atoms with van der Waals surface area (Å²) in [7, 11) is 0. The van der Waals surface area contributed by atoms with Crippen LogP contribution in [0.25, 0.3) is 0 Å². The third-order valence-electron chi connectivity index (χ3n) is 16.7. The van der Waals surface area contributed by atoms with Gasteiger partial charge in [0.2, 0.25) is 0 Å². The summed E-state index contributed by atoms with van der Waals surface area (Å²) in [6.07, 6.45) is 114. The maximum absolute atomic E-state index is 12.4. The average molecular weight is 1220 g/mol. The highest BCUT2D eigenvalue weighted by molar-refractivity contribution is 5.70. The summed E-state index contributed by atoms with van der Waals surface area (Å²) in [5.74, 6) is -0.583. The summed E-state index contributed by atoms with van der Waals surface area (Å²) in [6, 6.07) is 0. The highest BCUT2D eigenvalue weighted by Gasteiger charge is 2.16. The number of carbonyl (C=O) groups is 2. The molecule has 0 radical (unpaired) electrons. The van der Waals surface area contributed by atoms with Crippen LogP contribution in [-0.4, -0.2) is 36.4 Å². The smallest absolute Gasteiger partial charge is 0.306 e. The van der Waals surface area contributed by atoms with E-state index in [-0.39, 0.29) is 25.2 Å². The van der Waals surface area contributed by atoms with Crippen LogP contribution in [0.2, 0.25) is 0 Å². The molecule has 0 rings (SSSR count). The van der Waals surface area contributed by atoms with Crippen LogP contribution in [0, 0.1) is 0 Å². The van der Waals surface area contributed by atoms with Crippen molar-refractivity contribution in [3.8, 4) is 0 Å². The molecule has 0 saturated heterocycles. The molecule has 506 valence electrons. The van der Waals surface area contributed by atoms with Crippen molar-refractivity contribution >= 4 is 11.9 Å². The Kier molecular flexibility index (Phi) is 74.3. The van der Waals surface area contributed by atoms with Crippen LogP contribution in [0.15, 0.2) is 122 Å². The average Bonchev–Trinajstić information content (AvgIpc) is 3.56. The van der Waals surface area contributed by atoms with Gasteiger partial charge in [-0.3, -0.25) is 9.59 Å². The van der Waals surface area contributed by atoms with Gasteiger partial charge in [0.1, 0.15) is 6.61 Å². The van der Waals surface area contributed by atoms with Crippen molar-refractivity contribution in [3.63, 3.8) is 0 Å². The molecule has 88 heavy (non-hydrogen) atoms. The zero-order valence-corrected chi connectivity index (χ0v) is 58.2. The van der Waals surface area contributed by atoms with Gasteiger partial charge in [-0.15, -0.1) is 0 Å². The number of aliphatic hydroxyl groups is 1. The zero-order valence-electron chi connectivity index (χ0n) is 58.2. The van der Waals surface area contributed by atoms with Crippen LogP contribution in [0.5, 0.6) is 0 Å². The number of allylic oxidation sites excluding steroid dienone is 20. The molecule has 0 aliphatic carbocycles. The van der Waals surface area contributed by atoms with Gasteiger partial charge < -0.3 is 14.6 Å². The van der Waals surface area contributed by atoms with E-state index in [0.717, 1.165) is 96.3 Å². The second-order valence-corrected chi connectivity index (χ2v) is 25.3. The first kappa shape index (κ1) is 84.3. The van der Waals surface area contributed by atoms with Crippen LogP contribution in [0.3, 0.4) is 0 Å². The molecule has 0 spiro atoms. The molecule has 0 fully saturated rings. The summed E-state index contributed by atoms with van der Waals surface area (Å²) in [4.78, 5) is 24.7. The number of esters is 2. The maximum Gasteiger partial charge on any atom is 0.306 e. The number of carbonyl (C=O) groups excluding carboxylic acids is 2. The minimum absolute atomic E-state index is 0.0683. The molecule has 0 heterocycles. The van der Waals surface area contributed by atoms with Crippen LogP contribution >= 0.6 is 0 Å². The highest BCUT2D eigenvalue weighted by Crippen LogP contribution is 2.18. The first-order chi connectivity index (χ1) is 43.6. The summed E-state index contributed by atoms with van der Waals surface area (Å²) in [5, 5.41) is 9.72. The highest BCUT2D eigenvalue weighted by atomic mass is 16.6. The molecule has 0 aliphatic rings. The minimum atomic E-state index is -0.781. The van der Waals surface area contributed by atoms with Crippen molar-refractivity contribution in [2.24, 2.45) is 0 Å². The van der Waals surface area contributed by atoms with E-state index in [1.54, 1.807) is 0 Å². The molecule has 0 aromatic rings. The predicted molar refractivity (Wildman–Crippen MR) is 389 cm³/mol. The van der Waals surface area contributed by atoms with Crippen molar-refractivity contribution < 1.29 is 24.2 Å². The fourth-order valence-electron chi connectivity index (χ4n) is 11.1. The minimum Gasteiger partial charge on any atom is -0.462 e. The third-order valence-corrected chi connectivity index (χ3v) is 16.7. The molecule has 0 aromatic heterocycles. The normalized spacial score (nSPS) is 12.9. The molecule has 5 heteroatoms. The topological polar surface area (TPSA) is 72.8 Å². The van der Waals surface area contributed by atoms with Gasteiger partial charge in [-0.2, -0.15) is 0 Å². The van der Waals surface area contributed by atoms with E-state index in [1.807, 2.05) is 0 Å². The van der Waals surface area contributed by atoms with E-state index in [9.17, 15) is 14.7 Å². The van der Waals surface area contributed by atoms with Gasteiger partial charge >= 0.3 is 11.9 Å². The van der Waals surface area contributed by atoms with E-state index in [4.69, 9.17) is 9.47 Å². The second-order valence-electron chi connectivity index (χ2n) is 25.3. The first-order valence-electron chi connectivity index (χ1n) is 38.1. The van der Waals surface area contributed by atoms with Gasteiger partial charge in [-0.1, -0.05) is 373 Å². The van der Waals surface area contributed by atoms with Crippen LogP contribution in [0.1, 0.15) is 373 Å². The lowest BCUT2D eigenvalue weighted by Gasteiger charge is -2.15. The van der Waals surface area contributed by atoms with Crippen molar-refractivity contribution in [1.29, 1.82) is 0 Å². The molecule has 1 atom stereocenters. The van der Waals surface area contributed by atoms with Crippen LogP contribution in [0.4, 0.5) is 0 Å².